The fourth-order valence-electron chi connectivity index (χ4n) is 3.07. The van der Waals surface area contributed by atoms with Gasteiger partial charge in [0.2, 0.25) is 5.95 Å². The molecule has 26 heavy (non-hydrogen) atoms. The largest absolute Gasteiger partial charge is 0.360 e. The number of allylic oxidation sites excluding steroid dienone is 2. The summed E-state index contributed by atoms with van der Waals surface area (Å²) in [5.41, 5.74) is 1.50. The lowest BCUT2D eigenvalue weighted by Gasteiger charge is -2.34. The van der Waals surface area contributed by atoms with E-state index in [4.69, 9.17) is 4.98 Å². The van der Waals surface area contributed by atoms with Gasteiger partial charge in [-0.2, -0.15) is 15.1 Å². The molecule has 0 fully saturated rings. The zero-order chi connectivity index (χ0) is 18.1. The lowest BCUT2D eigenvalue weighted by Crippen LogP contribution is -2.40. The Hall–Kier alpha value is -3.15. The van der Waals surface area contributed by atoms with Crippen molar-refractivity contribution in [3.63, 3.8) is 0 Å². The SMILES string of the molecule is CC1C=CC=CC1(C)Nc1nc(Nc2ccccc2)nc2c1cnn2C. The molecule has 0 aliphatic heterocycles. The van der Waals surface area contributed by atoms with E-state index in [2.05, 4.69) is 58.9 Å². The summed E-state index contributed by atoms with van der Waals surface area (Å²) in [7, 11) is 1.89. The third kappa shape index (κ3) is 2.94. The maximum Gasteiger partial charge on any atom is 0.231 e. The van der Waals surface area contributed by atoms with Crippen LogP contribution in [0.15, 0.2) is 60.8 Å². The number of aryl methyl sites for hydroxylation is 1. The van der Waals surface area contributed by atoms with Gasteiger partial charge in [-0.1, -0.05) is 49.4 Å². The van der Waals surface area contributed by atoms with E-state index in [1.165, 1.54) is 0 Å². The van der Waals surface area contributed by atoms with Gasteiger partial charge in [-0.25, -0.2) is 0 Å². The van der Waals surface area contributed by atoms with Crippen molar-refractivity contribution < 1.29 is 0 Å². The predicted molar refractivity (Wildman–Crippen MR) is 106 cm³/mol. The van der Waals surface area contributed by atoms with Gasteiger partial charge in [0, 0.05) is 18.7 Å². The van der Waals surface area contributed by atoms with E-state index in [9.17, 15) is 0 Å². The smallest absolute Gasteiger partial charge is 0.231 e. The zero-order valence-corrected chi connectivity index (χ0v) is 15.1. The maximum absolute atomic E-state index is 4.74. The van der Waals surface area contributed by atoms with Crippen LogP contribution in [0.4, 0.5) is 17.5 Å². The van der Waals surface area contributed by atoms with E-state index in [1.54, 1.807) is 10.9 Å². The molecular formula is C20H22N6. The molecule has 132 valence electrons. The summed E-state index contributed by atoms with van der Waals surface area (Å²) in [6.07, 6.45) is 10.3. The summed E-state index contributed by atoms with van der Waals surface area (Å²) in [5.74, 6) is 1.65. The number of rotatable bonds is 4. The predicted octanol–water partition coefficient (Wildman–Crippen LogP) is 4.04. The van der Waals surface area contributed by atoms with Gasteiger partial charge < -0.3 is 10.6 Å². The topological polar surface area (TPSA) is 67.7 Å². The lowest BCUT2D eigenvalue weighted by molar-refractivity contribution is 0.492. The van der Waals surface area contributed by atoms with Crippen molar-refractivity contribution in [3.8, 4) is 0 Å². The Morgan fingerprint density at radius 1 is 1.12 bits per heavy atom. The Morgan fingerprint density at radius 2 is 1.92 bits per heavy atom. The van der Waals surface area contributed by atoms with Crippen LogP contribution in [0.1, 0.15) is 13.8 Å². The summed E-state index contributed by atoms with van der Waals surface area (Å²) in [5, 5.41) is 12.1. The van der Waals surface area contributed by atoms with Gasteiger partial charge in [0.15, 0.2) is 5.65 Å². The summed E-state index contributed by atoms with van der Waals surface area (Å²) in [4.78, 5) is 9.37. The van der Waals surface area contributed by atoms with Crippen LogP contribution in [-0.4, -0.2) is 25.3 Å². The Balaban J connectivity index is 1.76. The van der Waals surface area contributed by atoms with E-state index < -0.39 is 0 Å². The van der Waals surface area contributed by atoms with E-state index in [-0.39, 0.29) is 5.54 Å². The number of fused-ring (bicyclic) bond motifs is 1. The molecule has 6 heteroatoms. The molecule has 1 aliphatic carbocycles. The molecule has 0 radical (unpaired) electrons. The number of aromatic nitrogens is 4. The minimum Gasteiger partial charge on any atom is -0.360 e. The molecule has 1 aliphatic rings. The Kier molecular flexibility index (Phi) is 3.95. The minimum absolute atomic E-state index is 0.226. The number of hydrogen-bond acceptors (Lipinski definition) is 5. The second-order valence-corrected chi connectivity index (χ2v) is 6.83. The highest BCUT2D eigenvalue weighted by Gasteiger charge is 2.29. The van der Waals surface area contributed by atoms with Crippen molar-refractivity contribution in [2.24, 2.45) is 13.0 Å². The average molecular weight is 346 g/mol. The lowest BCUT2D eigenvalue weighted by atomic mass is 9.83. The number of nitrogens with one attached hydrogen (secondary N) is 2. The number of anilines is 3. The molecule has 2 N–H and O–H groups in total. The van der Waals surface area contributed by atoms with E-state index in [0.29, 0.717) is 11.9 Å². The number of nitrogens with zero attached hydrogens (tertiary/aromatic N) is 4. The second kappa shape index (κ2) is 6.29. The van der Waals surface area contributed by atoms with E-state index in [0.717, 1.165) is 22.5 Å². The highest BCUT2D eigenvalue weighted by Crippen LogP contribution is 2.31. The molecule has 2 atom stereocenters. The molecule has 1 aromatic carbocycles. The highest BCUT2D eigenvalue weighted by molar-refractivity contribution is 5.88. The first-order chi connectivity index (χ1) is 12.5. The van der Waals surface area contributed by atoms with Crippen molar-refractivity contribution in [1.29, 1.82) is 0 Å². The van der Waals surface area contributed by atoms with Crippen molar-refractivity contribution in [1.82, 2.24) is 19.7 Å². The minimum atomic E-state index is -0.226. The standard InChI is InChI=1S/C20H22N6/c1-14-9-7-8-12-20(14,2)25-17-16-13-21-26(3)18(16)24-19(23-17)22-15-10-5-4-6-11-15/h4-14H,1-3H3,(H2,22,23,24,25). The third-order valence-corrected chi connectivity index (χ3v) is 4.91. The molecule has 2 aromatic heterocycles. The monoisotopic (exact) mass is 346 g/mol. The van der Waals surface area contributed by atoms with E-state index in [1.807, 2.05) is 37.4 Å². The molecule has 0 saturated heterocycles. The average Bonchev–Trinajstić information content (AvgIpc) is 3.00. The van der Waals surface area contributed by atoms with Gasteiger partial charge in [-0.05, 0) is 19.1 Å². The van der Waals surface area contributed by atoms with Crippen LogP contribution in [0.2, 0.25) is 0 Å². The molecule has 6 nitrogen and oxygen atoms in total. The fourth-order valence-corrected chi connectivity index (χ4v) is 3.07. The van der Waals surface area contributed by atoms with Crippen molar-refractivity contribution >= 4 is 28.5 Å². The van der Waals surface area contributed by atoms with Crippen molar-refractivity contribution in [2.45, 2.75) is 19.4 Å². The van der Waals surface area contributed by atoms with Crippen LogP contribution in [0, 0.1) is 5.92 Å². The second-order valence-electron chi connectivity index (χ2n) is 6.83. The van der Waals surface area contributed by atoms with Crippen molar-refractivity contribution in [2.75, 3.05) is 10.6 Å². The third-order valence-electron chi connectivity index (χ3n) is 4.91. The molecular weight excluding hydrogens is 324 g/mol. The fraction of sp³-hybridized carbons (Fsp3) is 0.250. The quantitative estimate of drug-likeness (QED) is 0.746. The first-order valence-corrected chi connectivity index (χ1v) is 8.71. The van der Waals surface area contributed by atoms with Gasteiger partial charge in [0.05, 0.1) is 17.1 Å². The molecule has 0 spiro atoms. The molecule has 2 heterocycles. The van der Waals surface area contributed by atoms with Crippen LogP contribution >= 0.6 is 0 Å². The molecule has 0 saturated carbocycles. The summed E-state index contributed by atoms with van der Waals surface area (Å²) in [6, 6.07) is 9.91. The molecule has 4 rings (SSSR count). The number of benzene rings is 1. The zero-order valence-electron chi connectivity index (χ0n) is 15.1. The Bertz CT molecular complexity index is 988. The van der Waals surface area contributed by atoms with Gasteiger partial charge >= 0.3 is 0 Å². The summed E-state index contributed by atoms with van der Waals surface area (Å²) < 4.78 is 1.76. The number of para-hydroxylation sites is 1. The molecule has 0 bridgehead atoms. The summed E-state index contributed by atoms with van der Waals surface area (Å²) >= 11 is 0. The highest BCUT2D eigenvalue weighted by atomic mass is 15.3. The van der Waals surface area contributed by atoms with Gasteiger partial charge in [0.25, 0.3) is 0 Å². The Morgan fingerprint density at radius 3 is 2.69 bits per heavy atom. The van der Waals surface area contributed by atoms with E-state index >= 15 is 0 Å². The first kappa shape index (κ1) is 16.3. The van der Waals surface area contributed by atoms with Crippen LogP contribution < -0.4 is 10.6 Å². The van der Waals surface area contributed by atoms with Crippen LogP contribution in [0.25, 0.3) is 11.0 Å². The normalized spacial score (nSPS) is 21.9. The summed E-state index contributed by atoms with van der Waals surface area (Å²) in [6.45, 7) is 4.37. The molecule has 0 amide bonds. The number of hydrogen-bond donors (Lipinski definition) is 2. The molecule has 2 unspecified atom stereocenters. The Labute approximate surface area is 152 Å². The van der Waals surface area contributed by atoms with Gasteiger partial charge in [-0.3, -0.25) is 4.68 Å². The van der Waals surface area contributed by atoms with Crippen molar-refractivity contribution in [3.05, 3.63) is 60.8 Å². The molecule has 3 aromatic rings. The maximum atomic E-state index is 4.74. The van der Waals surface area contributed by atoms with Crippen LogP contribution in [0.3, 0.4) is 0 Å². The van der Waals surface area contributed by atoms with Gasteiger partial charge in [-0.15, -0.1) is 0 Å². The van der Waals surface area contributed by atoms with Crippen LogP contribution in [-0.2, 0) is 7.05 Å². The van der Waals surface area contributed by atoms with Crippen LogP contribution in [0.5, 0.6) is 0 Å². The first-order valence-electron chi connectivity index (χ1n) is 8.71. The van der Waals surface area contributed by atoms with Gasteiger partial charge in [0.1, 0.15) is 5.82 Å².